The Kier molecular flexibility index (Phi) is 3.77. The lowest BCUT2D eigenvalue weighted by atomic mass is 10.2. The molecule has 0 aliphatic carbocycles. The van der Waals surface area contributed by atoms with Crippen LogP contribution < -0.4 is 5.43 Å². The number of amides is 1. The topological polar surface area (TPSA) is 54.6 Å². The van der Waals surface area contributed by atoms with Crippen molar-refractivity contribution in [2.24, 2.45) is 5.10 Å². The van der Waals surface area contributed by atoms with Gasteiger partial charge in [-0.15, -0.1) is 11.3 Å². The second-order valence-electron chi connectivity index (χ2n) is 4.50. The highest BCUT2D eigenvalue weighted by atomic mass is 35.5. The average Bonchev–Trinajstić information content (AvgIpc) is 3.07. The van der Waals surface area contributed by atoms with Gasteiger partial charge >= 0.3 is 0 Å². The zero-order valence-corrected chi connectivity index (χ0v) is 12.7. The number of fused-ring (bicyclic) bond motifs is 1. The first-order valence-corrected chi connectivity index (χ1v) is 7.39. The molecule has 2 heterocycles. The highest BCUT2D eigenvalue weighted by molar-refractivity contribution is 7.21. The highest BCUT2D eigenvalue weighted by Gasteiger charge is 2.16. The molecule has 2 aromatic heterocycles. The van der Waals surface area contributed by atoms with Crippen molar-refractivity contribution >= 4 is 45.1 Å². The van der Waals surface area contributed by atoms with Gasteiger partial charge in [-0.25, -0.2) is 5.43 Å². The minimum absolute atomic E-state index is 0.321. The number of hydrazone groups is 1. The molecule has 4 nitrogen and oxygen atoms in total. The molecule has 0 spiro atoms. The smallest absolute Gasteiger partial charge is 0.283 e. The fraction of sp³-hybridized carbons (Fsp3) is 0.0667. The molecule has 0 aliphatic heterocycles. The van der Waals surface area contributed by atoms with Gasteiger partial charge in [0.2, 0.25) is 0 Å². The van der Waals surface area contributed by atoms with Gasteiger partial charge in [-0.05, 0) is 24.6 Å². The second kappa shape index (κ2) is 5.71. The Labute approximate surface area is 130 Å². The van der Waals surface area contributed by atoms with Crippen molar-refractivity contribution in [3.8, 4) is 0 Å². The van der Waals surface area contributed by atoms with Crippen molar-refractivity contribution in [3.05, 3.63) is 57.8 Å². The third kappa shape index (κ3) is 2.84. The monoisotopic (exact) mass is 318 g/mol. The second-order valence-corrected chi connectivity index (χ2v) is 5.93. The molecule has 0 saturated carbocycles. The molecule has 1 amide bonds. The van der Waals surface area contributed by atoms with E-state index in [0.717, 1.165) is 21.2 Å². The van der Waals surface area contributed by atoms with Crippen LogP contribution in [0.2, 0.25) is 5.02 Å². The van der Waals surface area contributed by atoms with E-state index in [2.05, 4.69) is 10.5 Å². The molecule has 1 aromatic carbocycles. The first-order chi connectivity index (χ1) is 10.1. The molecular weight excluding hydrogens is 308 g/mol. The molecule has 0 aliphatic rings. The summed E-state index contributed by atoms with van der Waals surface area (Å²) in [5, 5.41) is 5.23. The summed E-state index contributed by atoms with van der Waals surface area (Å²) in [6.07, 6.45) is 4.58. The van der Waals surface area contributed by atoms with E-state index < -0.39 is 0 Å². The van der Waals surface area contributed by atoms with Gasteiger partial charge in [0.05, 0.1) is 23.8 Å². The van der Waals surface area contributed by atoms with Crippen LogP contribution >= 0.6 is 22.9 Å². The number of nitrogens with one attached hydrogen (secondary N) is 1. The summed E-state index contributed by atoms with van der Waals surface area (Å²) in [6.45, 7) is 2.00. The molecule has 106 valence electrons. The van der Waals surface area contributed by atoms with E-state index in [1.807, 2.05) is 25.1 Å². The van der Waals surface area contributed by atoms with Crippen LogP contribution in [0.4, 0.5) is 0 Å². The van der Waals surface area contributed by atoms with E-state index in [1.165, 1.54) is 30.1 Å². The van der Waals surface area contributed by atoms with Crippen molar-refractivity contribution in [3.63, 3.8) is 0 Å². The Morgan fingerprint density at radius 2 is 2.29 bits per heavy atom. The molecule has 1 N–H and O–H groups in total. The van der Waals surface area contributed by atoms with Gasteiger partial charge in [0.15, 0.2) is 0 Å². The van der Waals surface area contributed by atoms with Crippen molar-refractivity contribution in [1.29, 1.82) is 0 Å². The lowest BCUT2D eigenvalue weighted by Crippen LogP contribution is -2.16. The Hall–Kier alpha value is -2.11. The first kappa shape index (κ1) is 13.9. The van der Waals surface area contributed by atoms with Gasteiger partial charge < -0.3 is 4.42 Å². The fourth-order valence-electron chi connectivity index (χ4n) is 1.88. The number of carbonyl (C=O) groups excluding carboxylic acids is 1. The van der Waals surface area contributed by atoms with Gasteiger partial charge in [0.25, 0.3) is 5.91 Å². The summed E-state index contributed by atoms with van der Waals surface area (Å²) < 4.78 is 5.89. The van der Waals surface area contributed by atoms with Crippen molar-refractivity contribution in [2.45, 2.75) is 6.92 Å². The van der Waals surface area contributed by atoms with Crippen LogP contribution in [0, 0.1) is 6.92 Å². The quantitative estimate of drug-likeness (QED) is 0.580. The lowest BCUT2D eigenvalue weighted by Gasteiger charge is -1.96. The molecule has 3 rings (SSSR count). The Bertz CT molecular complexity index is 822. The van der Waals surface area contributed by atoms with Crippen LogP contribution in [0.25, 0.3) is 10.1 Å². The molecule has 0 atom stereocenters. The molecule has 0 saturated heterocycles. The molecule has 0 fully saturated rings. The van der Waals surface area contributed by atoms with Crippen LogP contribution in [-0.4, -0.2) is 12.1 Å². The molecular formula is C15H11ClN2O2S. The Balaban J connectivity index is 1.83. The molecule has 3 aromatic rings. The van der Waals surface area contributed by atoms with Crippen LogP contribution in [0.5, 0.6) is 0 Å². The lowest BCUT2D eigenvalue weighted by molar-refractivity contribution is 0.0959. The molecule has 21 heavy (non-hydrogen) atoms. The van der Waals surface area contributed by atoms with Crippen molar-refractivity contribution < 1.29 is 9.21 Å². The highest BCUT2D eigenvalue weighted by Crippen LogP contribution is 2.35. The van der Waals surface area contributed by atoms with Gasteiger partial charge in [0.1, 0.15) is 4.88 Å². The standard InChI is InChI=1S/C15H11ClN2O2S/c1-9-2-3-11-12(6-9)21-14(13(11)16)15(19)18-17-7-10-4-5-20-8-10/h2-8H,1H3,(H,18,19)/b17-7+. The average molecular weight is 319 g/mol. The third-order valence-electron chi connectivity index (χ3n) is 2.91. The predicted octanol–water partition coefficient (Wildman–Crippen LogP) is 4.22. The summed E-state index contributed by atoms with van der Waals surface area (Å²) in [4.78, 5) is 12.6. The van der Waals surface area contributed by atoms with Crippen LogP contribution in [0.15, 0.2) is 46.3 Å². The number of hydrogen-bond donors (Lipinski definition) is 1. The van der Waals surface area contributed by atoms with Crippen LogP contribution in [-0.2, 0) is 0 Å². The Morgan fingerprint density at radius 3 is 3.05 bits per heavy atom. The minimum atomic E-state index is -0.321. The first-order valence-electron chi connectivity index (χ1n) is 6.19. The SMILES string of the molecule is Cc1ccc2c(Cl)c(C(=O)N/N=C/c3ccoc3)sc2c1. The predicted molar refractivity (Wildman–Crippen MR) is 85.3 cm³/mol. The van der Waals surface area contributed by atoms with E-state index in [1.54, 1.807) is 6.07 Å². The number of benzene rings is 1. The molecule has 0 radical (unpaired) electrons. The van der Waals surface area contributed by atoms with Crippen molar-refractivity contribution in [2.75, 3.05) is 0 Å². The number of rotatable bonds is 3. The number of nitrogens with zero attached hydrogens (tertiary/aromatic N) is 1. The number of furan rings is 1. The van der Waals surface area contributed by atoms with Gasteiger partial charge in [-0.2, -0.15) is 5.10 Å². The number of thiophene rings is 1. The molecule has 6 heteroatoms. The summed E-state index contributed by atoms with van der Waals surface area (Å²) in [5.74, 6) is -0.321. The van der Waals surface area contributed by atoms with Gasteiger partial charge in [-0.3, -0.25) is 4.79 Å². The van der Waals surface area contributed by atoms with E-state index in [4.69, 9.17) is 16.0 Å². The van der Waals surface area contributed by atoms with E-state index >= 15 is 0 Å². The van der Waals surface area contributed by atoms with E-state index in [-0.39, 0.29) is 5.91 Å². The number of aryl methyl sites for hydroxylation is 1. The zero-order chi connectivity index (χ0) is 14.8. The minimum Gasteiger partial charge on any atom is -0.472 e. The van der Waals surface area contributed by atoms with Gasteiger partial charge in [-0.1, -0.05) is 23.7 Å². The summed E-state index contributed by atoms with van der Waals surface area (Å²) >= 11 is 7.62. The zero-order valence-electron chi connectivity index (χ0n) is 11.1. The summed E-state index contributed by atoms with van der Waals surface area (Å²) in [5.41, 5.74) is 4.37. The third-order valence-corrected chi connectivity index (χ3v) is 4.57. The number of carbonyl (C=O) groups is 1. The van der Waals surface area contributed by atoms with Gasteiger partial charge in [0, 0.05) is 15.6 Å². The maximum Gasteiger partial charge on any atom is 0.283 e. The maximum atomic E-state index is 12.1. The molecule has 0 bridgehead atoms. The van der Waals surface area contributed by atoms with Crippen LogP contribution in [0.3, 0.4) is 0 Å². The fourth-order valence-corrected chi connectivity index (χ4v) is 3.39. The van der Waals surface area contributed by atoms with E-state index in [0.29, 0.717) is 9.90 Å². The molecule has 0 unspecified atom stereocenters. The normalized spacial score (nSPS) is 11.3. The maximum absolute atomic E-state index is 12.1. The van der Waals surface area contributed by atoms with Crippen molar-refractivity contribution in [1.82, 2.24) is 5.43 Å². The summed E-state index contributed by atoms with van der Waals surface area (Å²) in [6, 6.07) is 7.65. The number of halogens is 1. The van der Waals surface area contributed by atoms with Crippen LogP contribution in [0.1, 0.15) is 20.8 Å². The summed E-state index contributed by atoms with van der Waals surface area (Å²) in [7, 11) is 0. The Morgan fingerprint density at radius 1 is 1.43 bits per heavy atom. The number of hydrogen-bond acceptors (Lipinski definition) is 4. The largest absolute Gasteiger partial charge is 0.472 e. The van der Waals surface area contributed by atoms with E-state index in [9.17, 15) is 4.79 Å².